The monoisotopic (exact) mass is 361 g/mol. The largest absolute Gasteiger partial charge is 0.462 e. The number of aliphatic hydroxyl groups is 1. The van der Waals surface area contributed by atoms with Crippen LogP contribution < -0.4 is 0 Å². The van der Waals surface area contributed by atoms with Crippen molar-refractivity contribution in [2.45, 2.75) is 32.3 Å². The van der Waals surface area contributed by atoms with Gasteiger partial charge in [-0.15, -0.1) is 11.7 Å². The third kappa shape index (κ3) is 6.24. The van der Waals surface area contributed by atoms with Crippen molar-refractivity contribution >= 4 is 11.7 Å². The van der Waals surface area contributed by atoms with Gasteiger partial charge < -0.3 is 14.6 Å². The number of benzene rings is 1. The van der Waals surface area contributed by atoms with Gasteiger partial charge in [-0.05, 0) is 43.5 Å². The summed E-state index contributed by atoms with van der Waals surface area (Å²) in [5.41, 5.74) is 1.79. The van der Waals surface area contributed by atoms with Crippen LogP contribution in [0, 0.1) is 0 Å². The van der Waals surface area contributed by atoms with Crippen LogP contribution in [0.4, 0.5) is 5.69 Å². The zero-order valence-electron chi connectivity index (χ0n) is 15.3. The fraction of sp³-hybridized carbons (Fsp3) is 0.526. The molecule has 1 aliphatic heterocycles. The Morgan fingerprint density at radius 2 is 2.19 bits per heavy atom. The number of ether oxygens (including phenoxy) is 2. The van der Waals surface area contributed by atoms with E-state index in [1.54, 1.807) is 31.2 Å². The highest BCUT2D eigenvalue weighted by molar-refractivity contribution is 5.90. The molecule has 142 valence electrons. The van der Waals surface area contributed by atoms with Crippen LogP contribution in [0.15, 0.2) is 41.2 Å². The van der Waals surface area contributed by atoms with Gasteiger partial charge in [0.15, 0.2) is 0 Å². The van der Waals surface area contributed by atoms with Gasteiger partial charge in [0, 0.05) is 19.5 Å². The van der Waals surface area contributed by atoms with Gasteiger partial charge in [-0.25, -0.2) is 4.79 Å². The van der Waals surface area contributed by atoms with Crippen LogP contribution >= 0.6 is 0 Å². The molecule has 7 nitrogen and oxygen atoms in total. The van der Waals surface area contributed by atoms with Crippen LogP contribution in [0.3, 0.4) is 0 Å². The van der Waals surface area contributed by atoms with Crippen molar-refractivity contribution in [2.24, 2.45) is 10.3 Å². The molecule has 2 rings (SSSR count). The van der Waals surface area contributed by atoms with Gasteiger partial charge in [-0.3, -0.25) is 5.01 Å². The molecule has 1 aromatic carbocycles. The van der Waals surface area contributed by atoms with Gasteiger partial charge in [0.05, 0.1) is 37.2 Å². The Labute approximate surface area is 154 Å². The second kappa shape index (κ2) is 10.7. The van der Waals surface area contributed by atoms with Gasteiger partial charge >= 0.3 is 5.97 Å². The summed E-state index contributed by atoms with van der Waals surface area (Å²) in [6, 6.07) is 5.10. The standard InChI is InChI=1S/C19H27N3O4/c1-3-11-25-14-17(23)13-16-12-15(19(24)26-4-2)7-8-18(16)20-21-22-9-5-6-10-22/h3,7-8,12,17,23H,1,4-6,9-11,13-14H2,2H3. The normalized spacial score (nSPS) is 15.4. The minimum atomic E-state index is -0.715. The first-order chi connectivity index (χ1) is 12.6. The van der Waals surface area contributed by atoms with E-state index in [-0.39, 0.29) is 6.61 Å². The van der Waals surface area contributed by atoms with E-state index in [1.807, 2.05) is 5.01 Å². The van der Waals surface area contributed by atoms with Crippen molar-refractivity contribution in [1.82, 2.24) is 5.01 Å². The van der Waals surface area contributed by atoms with Crippen molar-refractivity contribution in [2.75, 3.05) is 32.9 Å². The van der Waals surface area contributed by atoms with Crippen LogP contribution in [0.2, 0.25) is 0 Å². The Bertz CT molecular complexity index is 627. The lowest BCUT2D eigenvalue weighted by Gasteiger charge is -2.14. The number of hydrogen-bond acceptors (Lipinski definition) is 6. The fourth-order valence-electron chi connectivity index (χ4n) is 2.69. The van der Waals surface area contributed by atoms with Crippen LogP contribution in [-0.2, 0) is 15.9 Å². The topological polar surface area (TPSA) is 83.7 Å². The molecule has 0 aromatic heterocycles. The molecule has 1 atom stereocenters. The van der Waals surface area contributed by atoms with Gasteiger partial charge in [-0.2, -0.15) is 0 Å². The zero-order chi connectivity index (χ0) is 18.8. The number of carbonyl (C=O) groups is 1. The van der Waals surface area contributed by atoms with E-state index in [2.05, 4.69) is 16.9 Å². The van der Waals surface area contributed by atoms with E-state index in [4.69, 9.17) is 9.47 Å². The Hall–Kier alpha value is -2.25. The summed E-state index contributed by atoms with van der Waals surface area (Å²) >= 11 is 0. The molecule has 1 fully saturated rings. The second-order valence-corrected chi connectivity index (χ2v) is 6.10. The Morgan fingerprint density at radius 1 is 1.42 bits per heavy atom. The smallest absolute Gasteiger partial charge is 0.338 e. The summed E-state index contributed by atoms with van der Waals surface area (Å²) in [4.78, 5) is 12.0. The maximum atomic E-state index is 12.0. The van der Waals surface area contributed by atoms with Crippen molar-refractivity contribution in [3.8, 4) is 0 Å². The highest BCUT2D eigenvalue weighted by atomic mass is 16.5. The number of aliphatic hydroxyl groups excluding tert-OH is 1. The predicted octanol–water partition coefficient (Wildman–Crippen LogP) is 3.06. The summed E-state index contributed by atoms with van der Waals surface area (Å²) in [6.07, 6.45) is 3.45. The average molecular weight is 361 g/mol. The third-order valence-corrected chi connectivity index (χ3v) is 3.95. The van der Waals surface area contributed by atoms with Crippen molar-refractivity contribution in [3.63, 3.8) is 0 Å². The van der Waals surface area contributed by atoms with Gasteiger partial charge in [0.25, 0.3) is 0 Å². The molecule has 1 saturated heterocycles. The molecule has 0 amide bonds. The van der Waals surface area contributed by atoms with Crippen molar-refractivity contribution in [1.29, 1.82) is 0 Å². The van der Waals surface area contributed by atoms with Crippen LogP contribution in [0.5, 0.6) is 0 Å². The van der Waals surface area contributed by atoms with E-state index in [9.17, 15) is 9.90 Å². The first-order valence-electron chi connectivity index (χ1n) is 8.97. The molecular formula is C19H27N3O4. The number of carbonyl (C=O) groups excluding carboxylic acids is 1. The van der Waals surface area contributed by atoms with Crippen LogP contribution in [0.1, 0.15) is 35.7 Å². The quantitative estimate of drug-likeness (QED) is 0.300. The minimum Gasteiger partial charge on any atom is -0.462 e. The second-order valence-electron chi connectivity index (χ2n) is 6.10. The SMILES string of the molecule is C=CCOCC(O)Cc1cc(C(=O)OCC)ccc1N=NN1CCCC1. The zero-order valence-corrected chi connectivity index (χ0v) is 15.3. The van der Waals surface area contributed by atoms with Gasteiger partial charge in [0.1, 0.15) is 0 Å². The first-order valence-corrected chi connectivity index (χ1v) is 8.97. The molecule has 1 aliphatic rings. The molecule has 26 heavy (non-hydrogen) atoms. The molecule has 1 N–H and O–H groups in total. The summed E-state index contributed by atoms with van der Waals surface area (Å²) in [7, 11) is 0. The highest BCUT2D eigenvalue weighted by Gasteiger charge is 2.15. The Balaban J connectivity index is 2.15. The molecule has 0 radical (unpaired) electrons. The van der Waals surface area contributed by atoms with E-state index in [0.717, 1.165) is 31.5 Å². The van der Waals surface area contributed by atoms with Crippen molar-refractivity contribution in [3.05, 3.63) is 42.0 Å². The molecular weight excluding hydrogens is 334 g/mol. The van der Waals surface area contributed by atoms with Gasteiger partial charge in [-0.1, -0.05) is 11.3 Å². The molecule has 7 heteroatoms. The van der Waals surface area contributed by atoms with Gasteiger partial charge in [0.2, 0.25) is 0 Å². The minimum absolute atomic E-state index is 0.179. The predicted molar refractivity (Wildman–Crippen MR) is 98.4 cm³/mol. The molecule has 0 aliphatic carbocycles. The van der Waals surface area contributed by atoms with E-state index >= 15 is 0 Å². The number of esters is 1. The summed E-state index contributed by atoms with van der Waals surface area (Å²) in [5.74, 6) is -0.394. The number of hydrogen-bond donors (Lipinski definition) is 1. The van der Waals surface area contributed by atoms with E-state index in [0.29, 0.717) is 30.9 Å². The molecule has 0 spiro atoms. The first kappa shape index (κ1) is 20.1. The molecule has 0 bridgehead atoms. The van der Waals surface area contributed by atoms with Crippen molar-refractivity contribution < 1.29 is 19.4 Å². The lowest BCUT2D eigenvalue weighted by atomic mass is 10.0. The molecule has 1 heterocycles. The molecule has 1 aromatic rings. The lowest BCUT2D eigenvalue weighted by Crippen LogP contribution is -2.18. The van der Waals surface area contributed by atoms with Crippen LogP contribution in [0.25, 0.3) is 0 Å². The number of rotatable bonds is 10. The van der Waals surface area contributed by atoms with E-state index in [1.165, 1.54) is 0 Å². The highest BCUT2D eigenvalue weighted by Crippen LogP contribution is 2.24. The summed E-state index contributed by atoms with van der Waals surface area (Å²) in [5, 5.41) is 20.7. The Morgan fingerprint density at radius 3 is 2.88 bits per heavy atom. The summed E-state index contributed by atoms with van der Waals surface area (Å²) in [6.45, 7) is 8.00. The maximum Gasteiger partial charge on any atom is 0.338 e. The average Bonchev–Trinajstić information content (AvgIpc) is 3.14. The molecule has 0 saturated carbocycles. The Kier molecular flexibility index (Phi) is 8.24. The van der Waals surface area contributed by atoms with Crippen LogP contribution in [-0.4, -0.2) is 55.1 Å². The lowest BCUT2D eigenvalue weighted by molar-refractivity contribution is 0.0493. The maximum absolute atomic E-state index is 12.0. The van der Waals surface area contributed by atoms with E-state index < -0.39 is 12.1 Å². The fourth-order valence-corrected chi connectivity index (χ4v) is 2.69. The molecule has 1 unspecified atom stereocenters. The summed E-state index contributed by atoms with van der Waals surface area (Å²) < 4.78 is 10.3. The third-order valence-electron chi connectivity index (χ3n) is 3.95. The number of nitrogens with zero attached hydrogens (tertiary/aromatic N) is 3.